The second-order valence-corrected chi connectivity index (χ2v) is 10.1. The minimum absolute atomic E-state index is 0.611. The highest BCUT2D eigenvalue weighted by Gasteiger charge is 2.36. The first kappa shape index (κ1) is 30.0. The Balaban J connectivity index is 2.23. The van der Waals surface area contributed by atoms with Gasteiger partial charge in [0, 0.05) is 23.1 Å². The van der Waals surface area contributed by atoms with E-state index in [0.29, 0.717) is 44.5 Å². The molecule has 0 radical (unpaired) electrons. The molecular weight excluding hydrogens is 476 g/mol. The van der Waals surface area contributed by atoms with Gasteiger partial charge in [0.1, 0.15) is 5.75 Å². The first-order valence-electron chi connectivity index (χ1n) is 15.2. The highest BCUT2D eigenvalue weighted by Crippen LogP contribution is 2.59. The summed E-state index contributed by atoms with van der Waals surface area (Å²) < 4.78 is 32.5. The van der Waals surface area contributed by atoms with Crippen LogP contribution in [-0.4, -0.2) is 33.0 Å². The summed E-state index contributed by atoms with van der Waals surface area (Å²) >= 11 is 0. The van der Waals surface area contributed by atoms with Crippen molar-refractivity contribution in [3.8, 4) is 39.9 Å². The highest BCUT2D eigenvalue weighted by atomic mass is 16.6. The van der Waals surface area contributed by atoms with Gasteiger partial charge >= 0.3 is 0 Å². The summed E-state index contributed by atoms with van der Waals surface area (Å²) in [7, 11) is 0. The summed E-state index contributed by atoms with van der Waals surface area (Å²) in [6.07, 6.45) is 11.0. The monoisotopic (exact) mass is 526 g/mol. The molecule has 212 valence electrons. The zero-order chi connectivity index (χ0) is 27.2. The molecular formula is C33H50O5. The molecule has 0 spiro atoms. The van der Waals surface area contributed by atoms with E-state index in [1.807, 2.05) is 0 Å². The third kappa shape index (κ3) is 7.51. The Morgan fingerprint density at radius 1 is 0.500 bits per heavy atom. The lowest BCUT2D eigenvalue weighted by Gasteiger charge is -2.24. The normalized spacial score (nSPS) is 11.7. The van der Waals surface area contributed by atoms with Crippen molar-refractivity contribution in [3.63, 3.8) is 0 Å². The zero-order valence-electron chi connectivity index (χ0n) is 24.6. The Hall–Kier alpha value is -2.56. The molecule has 1 aliphatic rings. The Morgan fingerprint density at radius 3 is 1.47 bits per heavy atom. The molecule has 0 fully saturated rings. The molecule has 3 rings (SSSR count). The molecule has 0 aromatic heterocycles. The van der Waals surface area contributed by atoms with Gasteiger partial charge in [-0.25, -0.2) is 0 Å². The molecule has 38 heavy (non-hydrogen) atoms. The van der Waals surface area contributed by atoms with Crippen LogP contribution in [0.25, 0.3) is 11.1 Å². The van der Waals surface area contributed by atoms with Crippen molar-refractivity contribution in [2.24, 2.45) is 0 Å². The van der Waals surface area contributed by atoms with Crippen molar-refractivity contribution in [1.82, 2.24) is 0 Å². The van der Waals surface area contributed by atoms with Crippen LogP contribution in [0.15, 0.2) is 18.2 Å². The fourth-order valence-corrected chi connectivity index (χ4v) is 4.61. The van der Waals surface area contributed by atoms with Gasteiger partial charge in [-0.2, -0.15) is 0 Å². The first-order valence-corrected chi connectivity index (χ1v) is 15.2. The van der Waals surface area contributed by atoms with Crippen LogP contribution in [0.4, 0.5) is 0 Å². The van der Waals surface area contributed by atoms with Crippen molar-refractivity contribution >= 4 is 0 Å². The quantitative estimate of drug-likeness (QED) is 0.137. The molecule has 5 nitrogen and oxygen atoms in total. The number of rotatable bonds is 20. The average molecular weight is 527 g/mol. The summed E-state index contributed by atoms with van der Waals surface area (Å²) in [5.41, 5.74) is 4.54. The van der Waals surface area contributed by atoms with E-state index >= 15 is 0 Å². The molecule has 2 aromatic carbocycles. The lowest BCUT2D eigenvalue weighted by Crippen LogP contribution is -2.10. The topological polar surface area (TPSA) is 46.2 Å². The summed E-state index contributed by atoms with van der Waals surface area (Å²) in [5, 5.41) is 0. The van der Waals surface area contributed by atoms with Crippen molar-refractivity contribution in [3.05, 3.63) is 29.3 Å². The van der Waals surface area contributed by atoms with Gasteiger partial charge in [0.05, 0.1) is 33.0 Å². The fraction of sp³-hybridized carbons (Fsp3) is 0.636. The van der Waals surface area contributed by atoms with E-state index < -0.39 is 0 Å². The van der Waals surface area contributed by atoms with Crippen LogP contribution in [0.5, 0.6) is 28.7 Å². The first-order chi connectivity index (χ1) is 18.7. The second kappa shape index (κ2) is 16.4. The maximum absolute atomic E-state index is 6.60. The van der Waals surface area contributed by atoms with Crippen molar-refractivity contribution in [2.75, 3.05) is 33.0 Å². The Labute approximate surface area is 231 Å². The van der Waals surface area contributed by atoms with E-state index in [1.54, 1.807) is 0 Å². The summed E-state index contributed by atoms with van der Waals surface area (Å²) in [4.78, 5) is 0. The van der Waals surface area contributed by atoms with Crippen LogP contribution < -0.4 is 23.7 Å². The second-order valence-electron chi connectivity index (χ2n) is 10.1. The summed E-state index contributed by atoms with van der Waals surface area (Å²) in [6.45, 7) is 14.1. The van der Waals surface area contributed by atoms with Gasteiger partial charge in [0.25, 0.3) is 0 Å². The van der Waals surface area contributed by atoms with Crippen LogP contribution in [0.2, 0.25) is 0 Å². The molecule has 0 bridgehead atoms. The zero-order valence-corrected chi connectivity index (χ0v) is 24.6. The number of hydrogen-bond acceptors (Lipinski definition) is 5. The smallest absolute Gasteiger partial charge is 0.208 e. The van der Waals surface area contributed by atoms with Gasteiger partial charge in [-0.1, -0.05) is 78.9 Å². The molecule has 0 saturated heterocycles. The highest BCUT2D eigenvalue weighted by molar-refractivity contribution is 5.92. The predicted molar refractivity (Wildman–Crippen MR) is 157 cm³/mol. The number of unbranched alkanes of at least 4 members (excludes halogenated alkanes) is 5. The standard InChI is InChI=1S/C33H50O5/c1-6-11-19-34-27-18-16-17-25-24-26-29(28(25)27)31(36-21-13-8-3)33(38-23-15-10-5)32(37-22-14-9-4)30(26)35-20-12-7-2/h16-18H,6-15,19-24H2,1-5H3. The van der Waals surface area contributed by atoms with Crippen molar-refractivity contribution in [1.29, 1.82) is 0 Å². The van der Waals surface area contributed by atoms with Crippen LogP contribution in [0.1, 0.15) is 110 Å². The molecule has 0 aliphatic heterocycles. The van der Waals surface area contributed by atoms with Gasteiger partial charge in [-0.05, 0) is 43.7 Å². The molecule has 0 N–H and O–H groups in total. The molecule has 1 aliphatic carbocycles. The molecule has 0 unspecified atom stereocenters. The van der Waals surface area contributed by atoms with E-state index in [9.17, 15) is 0 Å². The average Bonchev–Trinajstić information content (AvgIpc) is 3.31. The number of ether oxygens (including phenoxy) is 5. The molecule has 5 heteroatoms. The lowest BCUT2D eigenvalue weighted by molar-refractivity contribution is 0.221. The fourth-order valence-electron chi connectivity index (χ4n) is 4.61. The van der Waals surface area contributed by atoms with Gasteiger partial charge in [-0.15, -0.1) is 0 Å². The van der Waals surface area contributed by atoms with Crippen LogP contribution in [0, 0.1) is 0 Å². The molecule has 0 atom stereocenters. The summed E-state index contributed by atoms with van der Waals surface area (Å²) in [6, 6.07) is 6.38. The molecule has 0 amide bonds. The number of benzene rings is 2. The van der Waals surface area contributed by atoms with E-state index in [1.165, 1.54) is 5.56 Å². The molecule has 2 aromatic rings. The third-order valence-corrected chi connectivity index (χ3v) is 6.88. The van der Waals surface area contributed by atoms with Gasteiger partial charge in [-0.3, -0.25) is 0 Å². The predicted octanol–water partition coefficient (Wildman–Crippen LogP) is 9.15. The van der Waals surface area contributed by atoms with E-state index in [4.69, 9.17) is 23.7 Å². The van der Waals surface area contributed by atoms with Crippen LogP contribution >= 0.6 is 0 Å². The van der Waals surface area contributed by atoms with Gasteiger partial charge in [0.15, 0.2) is 11.5 Å². The maximum Gasteiger partial charge on any atom is 0.208 e. The minimum Gasteiger partial charge on any atom is -0.493 e. The SMILES string of the molecule is CCCCOc1cccc2c1-c1c(c(OCCCC)c(OCCCC)c(OCCCC)c1OCCCC)C2. The number of hydrogen-bond donors (Lipinski definition) is 0. The number of fused-ring (bicyclic) bond motifs is 3. The Bertz CT molecular complexity index is 984. The largest absolute Gasteiger partial charge is 0.493 e. The lowest BCUT2D eigenvalue weighted by atomic mass is 10.0. The van der Waals surface area contributed by atoms with E-state index in [-0.39, 0.29) is 0 Å². The minimum atomic E-state index is 0.611. The van der Waals surface area contributed by atoms with Crippen molar-refractivity contribution in [2.45, 2.75) is 105 Å². The maximum atomic E-state index is 6.60. The molecule has 0 saturated carbocycles. The Morgan fingerprint density at radius 2 is 0.947 bits per heavy atom. The third-order valence-electron chi connectivity index (χ3n) is 6.88. The van der Waals surface area contributed by atoms with E-state index in [2.05, 4.69) is 52.8 Å². The van der Waals surface area contributed by atoms with Gasteiger partial charge in [0.2, 0.25) is 11.5 Å². The van der Waals surface area contributed by atoms with Gasteiger partial charge < -0.3 is 23.7 Å². The summed E-state index contributed by atoms with van der Waals surface area (Å²) in [5.74, 6) is 3.90. The van der Waals surface area contributed by atoms with Crippen molar-refractivity contribution < 1.29 is 23.7 Å². The van der Waals surface area contributed by atoms with E-state index in [0.717, 1.165) is 105 Å². The molecule has 0 heterocycles. The van der Waals surface area contributed by atoms with Crippen LogP contribution in [0.3, 0.4) is 0 Å². The van der Waals surface area contributed by atoms with Crippen LogP contribution in [-0.2, 0) is 6.42 Å². The Kier molecular flexibility index (Phi) is 13.0.